The van der Waals surface area contributed by atoms with E-state index in [0.717, 1.165) is 5.52 Å². The Morgan fingerprint density at radius 2 is 2.14 bits per heavy atom. The second-order valence-corrected chi connectivity index (χ2v) is 5.70. The van der Waals surface area contributed by atoms with Crippen molar-refractivity contribution < 1.29 is 14.3 Å². The molecule has 112 valence electrons. The van der Waals surface area contributed by atoms with E-state index in [0.29, 0.717) is 35.0 Å². The Labute approximate surface area is 130 Å². The molecule has 0 radical (unpaired) electrons. The van der Waals surface area contributed by atoms with Gasteiger partial charge in [0.1, 0.15) is 11.6 Å². The molecule has 1 aliphatic rings. The first kappa shape index (κ1) is 14.6. The highest BCUT2D eigenvalue weighted by Gasteiger charge is 2.26. The molecule has 21 heavy (non-hydrogen) atoms. The predicted molar refractivity (Wildman–Crippen MR) is 77.3 cm³/mol. The van der Waals surface area contributed by atoms with Crippen molar-refractivity contribution in [1.29, 1.82) is 0 Å². The second-order valence-electron chi connectivity index (χ2n) is 4.89. The van der Waals surface area contributed by atoms with Gasteiger partial charge in [-0.05, 0) is 25.0 Å². The molecule has 0 aliphatic carbocycles. The van der Waals surface area contributed by atoms with E-state index in [2.05, 4.69) is 10.3 Å². The number of nitrogens with zero attached hydrogens (tertiary/aromatic N) is 3. The topological polar surface area (TPSA) is 66.2 Å². The number of aromatic nitrogens is 3. The fourth-order valence-electron chi connectivity index (χ4n) is 2.38. The minimum absolute atomic E-state index is 0.202. The van der Waals surface area contributed by atoms with Crippen molar-refractivity contribution in [3.63, 3.8) is 0 Å². The molecule has 1 saturated heterocycles. The molecule has 0 saturated carbocycles. The highest BCUT2D eigenvalue weighted by molar-refractivity contribution is 6.42. The first-order valence-corrected chi connectivity index (χ1v) is 7.29. The van der Waals surface area contributed by atoms with Crippen LogP contribution in [0.5, 0.6) is 0 Å². The quantitative estimate of drug-likeness (QED) is 0.792. The highest BCUT2D eigenvalue weighted by Crippen LogP contribution is 2.30. The number of fused-ring (bicyclic) bond motifs is 1. The van der Waals surface area contributed by atoms with Gasteiger partial charge >= 0.3 is 5.97 Å². The number of carbonyl (C=O) groups excluding carboxylic acids is 1. The van der Waals surface area contributed by atoms with Crippen molar-refractivity contribution >= 4 is 40.2 Å². The average Bonchev–Trinajstić information content (AvgIpc) is 2.82. The summed E-state index contributed by atoms with van der Waals surface area (Å²) in [5.74, 6) is -0.297. The van der Waals surface area contributed by atoms with E-state index < -0.39 is 0 Å². The third-order valence-electron chi connectivity index (χ3n) is 3.33. The Balaban J connectivity index is 1.79. The van der Waals surface area contributed by atoms with Gasteiger partial charge in [-0.15, -0.1) is 5.10 Å². The molecule has 0 unspecified atom stereocenters. The van der Waals surface area contributed by atoms with Crippen LogP contribution in [-0.4, -0.2) is 33.7 Å². The molecule has 3 rings (SSSR count). The molecule has 1 fully saturated rings. The summed E-state index contributed by atoms with van der Waals surface area (Å²) in [4.78, 5) is 10.9. The predicted octanol–water partition coefficient (Wildman–Crippen LogP) is 2.98. The van der Waals surface area contributed by atoms with Gasteiger partial charge in [-0.1, -0.05) is 28.4 Å². The lowest BCUT2D eigenvalue weighted by atomic mass is 10.1. The lowest BCUT2D eigenvalue weighted by Crippen LogP contribution is -2.31. The van der Waals surface area contributed by atoms with Gasteiger partial charge in [-0.25, -0.2) is 4.68 Å². The summed E-state index contributed by atoms with van der Waals surface area (Å²) in [7, 11) is 0. The van der Waals surface area contributed by atoms with E-state index in [1.165, 1.54) is 6.92 Å². The van der Waals surface area contributed by atoms with Gasteiger partial charge in [0.15, 0.2) is 6.23 Å². The van der Waals surface area contributed by atoms with Gasteiger partial charge in [-0.3, -0.25) is 4.79 Å². The number of rotatable bonds is 2. The lowest BCUT2D eigenvalue weighted by molar-refractivity contribution is -0.160. The third-order valence-corrected chi connectivity index (χ3v) is 4.05. The van der Waals surface area contributed by atoms with E-state index in [1.54, 1.807) is 16.8 Å². The number of ether oxygens (including phenoxy) is 2. The highest BCUT2D eigenvalue weighted by atomic mass is 35.5. The van der Waals surface area contributed by atoms with Crippen LogP contribution >= 0.6 is 23.2 Å². The van der Waals surface area contributed by atoms with Gasteiger partial charge in [0, 0.05) is 6.92 Å². The summed E-state index contributed by atoms with van der Waals surface area (Å²) >= 11 is 12.0. The molecule has 2 aromatic rings. The van der Waals surface area contributed by atoms with Crippen LogP contribution in [0.15, 0.2) is 12.1 Å². The molecule has 0 bridgehead atoms. The van der Waals surface area contributed by atoms with Gasteiger partial charge in [0.2, 0.25) is 0 Å². The fraction of sp³-hybridized carbons (Fsp3) is 0.462. The lowest BCUT2D eigenvalue weighted by Gasteiger charge is -2.28. The largest absolute Gasteiger partial charge is 0.460 e. The van der Waals surface area contributed by atoms with Crippen molar-refractivity contribution in [2.75, 3.05) is 6.61 Å². The van der Waals surface area contributed by atoms with Crippen LogP contribution in [0.4, 0.5) is 0 Å². The molecular weight excluding hydrogens is 317 g/mol. The number of halogens is 2. The summed E-state index contributed by atoms with van der Waals surface area (Å²) in [6.07, 6.45) is 0.939. The minimum Gasteiger partial charge on any atom is -0.460 e. The Bertz CT molecular complexity index is 681. The molecule has 1 aromatic heterocycles. The monoisotopic (exact) mass is 329 g/mol. The van der Waals surface area contributed by atoms with E-state index >= 15 is 0 Å². The van der Waals surface area contributed by atoms with Gasteiger partial charge in [0.25, 0.3) is 0 Å². The molecule has 2 atom stereocenters. The van der Waals surface area contributed by atoms with Crippen LogP contribution in [0.1, 0.15) is 26.0 Å². The maximum Gasteiger partial charge on any atom is 0.302 e. The first-order chi connectivity index (χ1) is 10.0. The van der Waals surface area contributed by atoms with Gasteiger partial charge in [0.05, 0.1) is 22.2 Å². The van der Waals surface area contributed by atoms with Crippen LogP contribution in [0.2, 0.25) is 10.0 Å². The Kier molecular flexibility index (Phi) is 4.01. The van der Waals surface area contributed by atoms with Crippen molar-refractivity contribution in [1.82, 2.24) is 15.0 Å². The zero-order chi connectivity index (χ0) is 15.0. The normalized spacial score (nSPS) is 22.4. The average molecular weight is 330 g/mol. The Morgan fingerprint density at radius 1 is 1.38 bits per heavy atom. The zero-order valence-electron chi connectivity index (χ0n) is 11.3. The zero-order valence-corrected chi connectivity index (χ0v) is 12.8. The molecule has 1 aliphatic heterocycles. The Morgan fingerprint density at radius 3 is 2.81 bits per heavy atom. The molecular formula is C13H13Cl2N3O3. The van der Waals surface area contributed by atoms with Crippen LogP contribution in [-0.2, 0) is 14.3 Å². The molecule has 2 heterocycles. The Hall–Kier alpha value is -1.37. The number of carbonyl (C=O) groups is 1. The third kappa shape index (κ3) is 2.97. The molecule has 0 spiro atoms. The molecule has 0 N–H and O–H groups in total. The summed E-state index contributed by atoms with van der Waals surface area (Å²) < 4.78 is 12.5. The number of hydrogen-bond acceptors (Lipinski definition) is 5. The van der Waals surface area contributed by atoms with E-state index in [9.17, 15) is 4.79 Å². The van der Waals surface area contributed by atoms with Crippen LogP contribution in [0, 0.1) is 0 Å². The van der Waals surface area contributed by atoms with Gasteiger partial charge in [-0.2, -0.15) is 0 Å². The maximum atomic E-state index is 10.9. The van der Waals surface area contributed by atoms with Crippen molar-refractivity contribution in [3.05, 3.63) is 22.2 Å². The van der Waals surface area contributed by atoms with Crippen molar-refractivity contribution in [3.8, 4) is 0 Å². The molecule has 1 aromatic carbocycles. The summed E-state index contributed by atoms with van der Waals surface area (Å²) in [5.41, 5.74) is 1.43. The molecule has 8 heteroatoms. The van der Waals surface area contributed by atoms with Crippen molar-refractivity contribution in [2.45, 2.75) is 32.1 Å². The van der Waals surface area contributed by atoms with E-state index in [-0.39, 0.29) is 18.3 Å². The number of hydrogen-bond donors (Lipinski definition) is 0. The van der Waals surface area contributed by atoms with Gasteiger partial charge < -0.3 is 9.47 Å². The summed E-state index contributed by atoms with van der Waals surface area (Å²) in [6, 6.07) is 3.40. The minimum atomic E-state index is -0.297. The van der Waals surface area contributed by atoms with Crippen LogP contribution in [0.25, 0.3) is 11.0 Å². The van der Waals surface area contributed by atoms with Crippen molar-refractivity contribution in [2.24, 2.45) is 0 Å². The standard InChI is InChI=1S/C13H13Cl2N3O3/c1-7(19)21-8-2-3-13(20-6-8)18-12-5-10(15)9(14)4-11(12)16-17-18/h4-5,8,13H,2-3,6H2,1H3/t8-,13+/m1/s1. The smallest absolute Gasteiger partial charge is 0.302 e. The maximum absolute atomic E-state index is 10.9. The van der Waals surface area contributed by atoms with Crippen LogP contribution < -0.4 is 0 Å². The fourth-order valence-corrected chi connectivity index (χ4v) is 2.70. The second kappa shape index (κ2) is 5.79. The number of esters is 1. The SMILES string of the molecule is CC(=O)O[C@@H]1CC[C@@H](n2nnc3cc(Cl)c(Cl)cc32)OC1. The first-order valence-electron chi connectivity index (χ1n) is 6.53. The molecule has 0 amide bonds. The molecule has 6 nitrogen and oxygen atoms in total. The van der Waals surface area contributed by atoms with E-state index in [4.69, 9.17) is 32.7 Å². The van der Waals surface area contributed by atoms with Crippen LogP contribution in [0.3, 0.4) is 0 Å². The number of benzene rings is 1. The summed E-state index contributed by atoms with van der Waals surface area (Å²) in [5, 5.41) is 9.06. The van der Waals surface area contributed by atoms with E-state index in [1.807, 2.05) is 0 Å². The summed E-state index contributed by atoms with van der Waals surface area (Å²) in [6.45, 7) is 1.73.